The quantitative estimate of drug-likeness (QED) is 0.481. The molecule has 30 heavy (non-hydrogen) atoms. The first kappa shape index (κ1) is 23.3. The van der Waals surface area contributed by atoms with Gasteiger partial charge in [-0.15, -0.1) is 0 Å². The molecule has 2 unspecified atom stereocenters. The summed E-state index contributed by atoms with van der Waals surface area (Å²) in [6.45, 7) is 7.99. The lowest BCUT2D eigenvalue weighted by atomic mass is 9.86. The summed E-state index contributed by atoms with van der Waals surface area (Å²) in [7, 11) is 0. The number of hydrogen-bond acceptors (Lipinski definition) is 6. The molecule has 0 aliphatic carbocycles. The lowest BCUT2D eigenvalue weighted by Crippen LogP contribution is -2.55. The summed E-state index contributed by atoms with van der Waals surface area (Å²) in [5.74, 6) is -1.01. The van der Waals surface area contributed by atoms with Gasteiger partial charge in [0.15, 0.2) is 0 Å². The highest BCUT2D eigenvalue weighted by Crippen LogP contribution is 2.25. The van der Waals surface area contributed by atoms with Gasteiger partial charge in [-0.1, -0.05) is 45.1 Å². The predicted octanol–water partition coefficient (Wildman–Crippen LogP) is 1.62. The molecule has 0 saturated carbocycles. The number of allylic oxidation sites excluding steroid dienone is 4. The number of benzene rings is 1. The monoisotopic (exact) mass is 413 g/mol. The number of primary amides is 2. The third kappa shape index (κ3) is 6.01. The van der Waals surface area contributed by atoms with Crippen molar-refractivity contribution in [3.8, 4) is 0 Å². The maximum absolute atomic E-state index is 11.8. The second-order valence-corrected chi connectivity index (χ2v) is 8.34. The highest BCUT2D eigenvalue weighted by molar-refractivity contribution is 5.93. The van der Waals surface area contributed by atoms with Crippen LogP contribution in [-0.4, -0.2) is 39.9 Å². The number of carbonyl (C=O) groups excluding carboxylic acids is 2. The number of nitrogens with two attached hydrogens (primary N) is 2. The van der Waals surface area contributed by atoms with Crippen molar-refractivity contribution in [2.45, 2.75) is 52.9 Å². The fraction of sp³-hybridized carbons (Fsp3) is 0.409. The van der Waals surface area contributed by atoms with Gasteiger partial charge in [0.25, 0.3) is 0 Å². The van der Waals surface area contributed by atoms with Crippen molar-refractivity contribution in [2.75, 3.05) is 0 Å². The molecule has 8 heteroatoms. The van der Waals surface area contributed by atoms with Crippen LogP contribution in [0, 0.1) is 5.41 Å². The lowest BCUT2D eigenvalue weighted by molar-refractivity contribution is -0.123. The average molecular weight is 414 g/mol. The molecular weight excluding hydrogens is 382 g/mol. The largest absolute Gasteiger partial charge is 0.373 e. The van der Waals surface area contributed by atoms with E-state index < -0.39 is 29.5 Å². The van der Waals surface area contributed by atoms with E-state index in [-0.39, 0.29) is 0 Å². The van der Waals surface area contributed by atoms with Crippen molar-refractivity contribution in [3.05, 3.63) is 59.3 Å². The predicted molar refractivity (Wildman–Crippen MR) is 117 cm³/mol. The van der Waals surface area contributed by atoms with Crippen LogP contribution in [0.4, 0.5) is 0 Å². The number of aliphatic hydroxyl groups is 1. The Hall–Kier alpha value is -2.97. The minimum Gasteiger partial charge on any atom is -0.373 e. The Balaban J connectivity index is 2.22. The number of nitrogens with zero attached hydrogens (tertiary/aromatic N) is 2. The first-order valence-electron chi connectivity index (χ1n) is 9.82. The summed E-state index contributed by atoms with van der Waals surface area (Å²) >= 11 is 0. The number of rotatable bonds is 8. The van der Waals surface area contributed by atoms with E-state index in [1.54, 1.807) is 17.1 Å². The zero-order chi connectivity index (χ0) is 22.5. The number of nitrogens with one attached hydrogen (secondary N) is 1. The number of carbonyl (C=O) groups is 2. The van der Waals surface area contributed by atoms with Crippen LogP contribution in [0.25, 0.3) is 0 Å². The van der Waals surface area contributed by atoms with Crippen molar-refractivity contribution >= 4 is 17.5 Å². The Morgan fingerprint density at radius 1 is 1.27 bits per heavy atom. The summed E-state index contributed by atoms with van der Waals surface area (Å²) in [5.41, 5.74) is 13.1. The van der Waals surface area contributed by atoms with Gasteiger partial charge in [0, 0.05) is 17.7 Å². The van der Waals surface area contributed by atoms with Crippen LogP contribution in [-0.2, 0) is 11.3 Å². The van der Waals surface area contributed by atoms with Crippen LogP contribution in [0.1, 0.15) is 50.0 Å². The molecule has 1 aromatic rings. The molecule has 1 heterocycles. The Morgan fingerprint density at radius 2 is 1.90 bits per heavy atom. The SMILES string of the molecule is C/C=C\C=C1/CC(C(O)NC(C(N)=O)C(C)(C)C)=NN1Cc1ccc(C(N)=O)cc1. The van der Waals surface area contributed by atoms with Crippen LogP contribution in [0.15, 0.2) is 53.3 Å². The summed E-state index contributed by atoms with van der Waals surface area (Å²) in [6, 6.07) is 6.26. The molecule has 2 atom stereocenters. The second kappa shape index (κ2) is 9.69. The molecule has 6 N–H and O–H groups in total. The van der Waals surface area contributed by atoms with Gasteiger partial charge in [-0.2, -0.15) is 5.10 Å². The minimum absolute atomic E-state index is 0.424. The molecule has 162 valence electrons. The smallest absolute Gasteiger partial charge is 0.248 e. The lowest BCUT2D eigenvalue weighted by Gasteiger charge is -2.30. The Kier molecular flexibility index (Phi) is 7.53. The van der Waals surface area contributed by atoms with Crippen molar-refractivity contribution in [1.29, 1.82) is 0 Å². The van der Waals surface area contributed by atoms with Gasteiger partial charge in [-0.3, -0.25) is 19.9 Å². The topological polar surface area (TPSA) is 134 Å². The molecule has 1 aliphatic rings. The normalized spacial score (nSPS) is 18.0. The molecule has 0 fully saturated rings. The second-order valence-electron chi connectivity index (χ2n) is 8.34. The minimum atomic E-state index is -1.11. The van der Waals surface area contributed by atoms with E-state index in [2.05, 4.69) is 10.4 Å². The molecule has 1 aromatic carbocycles. The van der Waals surface area contributed by atoms with Gasteiger partial charge < -0.3 is 16.6 Å². The van der Waals surface area contributed by atoms with Gasteiger partial charge in [0.05, 0.1) is 18.3 Å². The molecule has 1 aliphatic heterocycles. The molecular formula is C22H31N5O3. The van der Waals surface area contributed by atoms with E-state index in [0.717, 1.165) is 11.3 Å². The fourth-order valence-electron chi connectivity index (χ4n) is 3.13. The van der Waals surface area contributed by atoms with Gasteiger partial charge >= 0.3 is 0 Å². The molecule has 0 aromatic heterocycles. The zero-order valence-corrected chi connectivity index (χ0v) is 17.9. The highest BCUT2D eigenvalue weighted by Gasteiger charge is 2.34. The number of hydrazone groups is 1. The van der Waals surface area contributed by atoms with E-state index in [1.165, 1.54) is 0 Å². The van der Waals surface area contributed by atoms with Crippen LogP contribution >= 0.6 is 0 Å². The standard InChI is InChI=1S/C22H31N5O3/c1-5-6-7-16-12-17(21(30)25-18(20(24)29)22(2,3)4)26-27(16)13-14-8-10-15(11-9-14)19(23)28/h5-11,18,21,25,30H,12-13H2,1-4H3,(H2,23,28)(H2,24,29)/b6-5-,16-7+. The van der Waals surface area contributed by atoms with Crippen molar-refractivity contribution in [2.24, 2.45) is 22.0 Å². The fourth-order valence-corrected chi connectivity index (χ4v) is 3.13. The van der Waals surface area contributed by atoms with Crippen molar-refractivity contribution < 1.29 is 14.7 Å². The van der Waals surface area contributed by atoms with E-state index in [1.807, 2.05) is 58.1 Å². The Bertz CT molecular complexity index is 866. The Labute approximate surface area is 177 Å². The molecule has 0 saturated heterocycles. The third-order valence-electron chi connectivity index (χ3n) is 4.79. The maximum Gasteiger partial charge on any atom is 0.248 e. The zero-order valence-electron chi connectivity index (χ0n) is 17.9. The third-order valence-corrected chi connectivity index (χ3v) is 4.79. The van der Waals surface area contributed by atoms with Gasteiger partial charge in [-0.25, -0.2) is 0 Å². The summed E-state index contributed by atoms with van der Waals surface area (Å²) in [4.78, 5) is 23.1. The van der Waals surface area contributed by atoms with E-state index in [9.17, 15) is 14.7 Å². The average Bonchev–Trinajstić information content (AvgIpc) is 3.06. The van der Waals surface area contributed by atoms with Gasteiger partial charge in [0.1, 0.15) is 6.23 Å². The maximum atomic E-state index is 11.8. The number of hydrogen-bond donors (Lipinski definition) is 4. The Morgan fingerprint density at radius 3 is 2.40 bits per heavy atom. The molecule has 8 nitrogen and oxygen atoms in total. The van der Waals surface area contributed by atoms with Gasteiger partial charge in [0.2, 0.25) is 11.8 Å². The summed E-state index contributed by atoms with van der Waals surface area (Å²) < 4.78 is 0. The van der Waals surface area contributed by atoms with Crippen LogP contribution in [0.3, 0.4) is 0 Å². The van der Waals surface area contributed by atoms with E-state index in [0.29, 0.717) is 24.2 Å². The highest BCUT2D eigenvalue weighted by atomic mass is 16.3. The molecule has 0 spiro atoms. The van der Waals surface area contributed by atoms with Crippen molar-refractivity contribution in [1.82, 2.24) is 10.3 Å². The molecule has 0 radical (unpaired) electrons. The van der Waals surface area contributed by atoms with Gasteiger partial charge in [-0.05, 0) is 36.1 Å². The number of aliphatic hydroxyl groups excluding tert-OH is 1. The van der Waals surface area contributed by atoms with E-state index in [4.69, 9.17) is 11.5 Å². The number of amides is 2. The summed E-state index contributed by atoms with van der Waals surface area (Å²) in [6.07, 6.45) is 5.04. The molecule has 2 amide bonds. The van der Waals surface area contributed by atoms with E-state index >= 15 is 0 Å². The molecule has 0 bridgehead atoms. The van der Waals surface area contributed by atoms with Crippen LogP contribution < -0.4 is 16.8 Å². The van der Waals surface area contributed by atoms with Crippen molar-refractivity contribution in [3.63, 3.8) is 0 Å². The van der Waals surface area contributed by atoms with Crippen LogP contribution in [0.2, 0.25) is 0 Å². The first-order valence-corrected chi connectivity index (χ1v) is 9.82. The van der Waals surface area contributed by atoms with Crippen LogP contribution in [0.5, 0.6) is 0 Å². The molecule has 2 rings (SSSR count). The first-order chi connectivity index (χ1) is 14.0. The summed E-state index contributed by atoms with van der Waals surface area (Å²) in [5, 5.41) is 19.9.